The maximum Gasteiger partial charge on any atom is 0.164 e. The Morgan fingerprint density at radius 1 is 0.732 bits per heavy atom. The number of aldehydes is 1. The first kappa shape index (κ1) is 24.7. The third-order valence-electron chi connectivity index (χ3n) is 7.45. The van der Waals surface area contributed by atoms with Crippen LogP contribution in [0.5, 0.6) is 11.5 Å². The Kier molecular flexibility index (Phi) is 6.21. The minimum Gasteiger partial charge on any atom is -0.453 e. The smallest absolute Gasteiger partial charge is 0.164 e. The van der Waals surface area contributed by atoms with Gasteiger partial charge in [0.2, 0.25) is 0 Å². The second-order valence-corrected chi connectivity index (χ2v) is 10.2. The second-order valence-electron chi connectivity index (χ2n) is 10.2. The van der Waals surface area contributed by atoms with Crippen molar-refractivity contribution in [1.29, 1.82) is 0 Å². The molecule has 6 heteroatoms. The number of hydrogen-bond donors (Lipinski definition) is 0. The van der Waals surface area contributed by atoms with Gasteiger partial charge in [-0.3, -0.25) is 4.79 Å². The third kappa shape index (κ3) is 4.59. The molecule has 4 aromatic carbocycles. The Bertz CT molecular complexity index is 1780. The first-order valence-electron chi connectivity index (χ1n) is 13.6. The summed E-state index contributed by atoms with van der Waals surface area (Å²) in [5.41, 5.74) is 6.38. The molecule has 5 aromatic rings. The van der Waals surface area contributed by atoms with Crippen LogP contribution < -0.4 is 9.64 Å². The average Bonchev–Trinajstić information content (AvgIpc) is 3.04. The summed E-state index contributed by atoms with van der Waals surface area (Å²) in [5, 5.41) is 0. The minimum atomic E-state index is 0.296. The van der Waals surface area contributed by atoms with E-state index in [1.54, 1.807) is 12.1 Å². The molecule has 1 aromatic heterocycles. The number of carbonyl (C=O) groups excluding carboxylic acids is 1. The van der Waals surface area contributed by atoms with Gasteiger partial charge in [-0.05, 0) is 60.9 Å². The fourth-order valence-electron chi connectivity index (χ4n) is 5.26. The van der Waals surface area contributed by atoms with Gasteiger partial charge >= 0.3 is 0 Å². The number of fused-ring (bicyclic) bond motifs is 2. The normalized spacial score (nSPS) is 15.4. The van der Waals surface area contributed by atoms with Gasteiger partial charge in [0.15, 0.2) is 29.0 Å². The van der Waals surface area contributed by atoms with Gasteiger partial charge in [-0.25, -0.2) is 15.0 Å². The number of allylic oxidation sites excluding steroid dienone is 4. The number of hydrogen-bond acceptors (Lipinski definition) is 6. The van der Waals surface area contributed by atoms with Crippen molar-refractivity contribution < 1.29 is 9.53 Å². The Morgan fingerprint density at radius 3 is 1.88 bits per heavy atom. The Hall–Kier alpha value is -5.36. The molecular formula is C35H26N4O2. The van der Waals surface area contributed by atoms with Crippen LogP contribution in [0.4, 0.5) is 17.1 Å². The van der Waals surface area contributed by atoms with E-state index in [0.29, 0.717) is 29.0 Å². The van der Waals surface area contributed by atoms with E-state index in [9.17, 15) is 4.79 Å². The molecule has 0 spiro atoms. The lowest BCUT2D eigenvalue weighted by molar-refractivity contribution is 0.112. The number of carbonyl (C=O) groups is 1. The first-order chi connectivity index (χ1) is 20.2. The van der Waals surface area contributed by atoms with E-state index in [0.717, 1.165) is 58.0 Å². The fraction of sp³-hybridized carbons (Fsp3) is 0.0857. The zero-order valence-corrected chi connectivity index (χ0v) is 22.4. The van der Waals surface area contributed by atoms with Gasteiger partial charge in [-0.1, -0.05) is 73.7 Å². The topological polar surface area (TPSA) is 68.2 Å². The van der Waals surface area contributed by atoms with Crippen LogP contribution in [0.2, 0.25) is 0 Å². The summed E-state index contributed by atoms with van der Waals surface area (Å²) < 4.78 is 6.17. The molecule has 41 heavy (non-hydrogen) atoms. The first-order valence-corrected chi connectivity index (χ1v) is 13.6. The van der Waals surface area contributed by atoms with Gasteiger partial charge in [-0.15, -0.1) is 0 Å². The predicted octanol–water partition coefficient (Wildman–Crippen LogP) is 8.57. The maximum atomic E-state index is 11.2. The summed E-state index contributed by atoms with van der Waals surface area (Å²) in [6.45, 7) is 2.18. The molecule has 0 N–H and O–H groups in total. The number of rotatable bonds is 5. The molecule has 0 amide bonds. The summed E-state index contributed by atoms with van der Waals surface area (Å²) >= 11 is 0. The van der Waals surface area contributed by atoms with Crippen LogP contribution >= 0.6 is 0 Å². The van der Waals surface area contributed by atoms with Crippen LogP contribution in [0.25, 0.3) is 28.3 Å². The molecule has 0 saturated heterocycles. The summed E-state index contributed by atoms with van der Waals surface area (Å²) in [5.74, 6) is 3.76. The van der Waals surface area contributed by atoms with Crippen LogP contribution in [0.3, 0.4) is 0 Å². The minimum absolute atomic E-state index is 0.296. The van der Waals surface area contributed by atoms with E-state index in [2.05, 4.69) is 54.3 Å². The molecule has 0 bridgehead atoms. The van der Waals surface area contributed by atoms with E-state index < -0.39 is 0 Å². The number of nitrogens with zero attached hydrogens (tertiary/aromatic N) is 4. The molecule has 2 heterocycles. The molecule has 0 fully saturated rings. The highest BCUT2D eigenvalue weighted by Gasteiger charge is 2.25. The molecule has 0 radical (unpaired) electrons. The van der Waals surface area contributed by atoms with Crippen molar-refractivity contribution in [2.45, 2.75) is 13.3 Å². The van der Waals surface area contributed by atoms with Crippen molar-refractivity contribution in [3.63, 3.8) is 0 Å². The lowest BCUT2D eigenvalue weighted by Gasteiger charge is -2.32. The highest BCUT2D eigenvalue weighted by atomic mass is 16.5. The Labute approximate surface area is 238 Å². The lowest BCUT2D eigenvalue weighted by atomic mass is 9.92. The van der Waals surface area contributed by atoms with Gasteiger partial charge in [0.25, 0.3) is 0 Å². The Balaban J connectivity index is 1.32. The molecule has 1 unspecified atom stereocenters. The number of benzene rings is 4. The molecule has 198 valence electrons. The van der Waals surface area contributed by atoms with Gasteiger partial charge in [-0.2, -0.15) is 0 Å². The van der Waals surface area contributed by atoms with Crippen LogP contribution in [-0.4, -0.2) is 21.2 Å². The van der Waals surface area contributed by atoms with E-state index in [4.69, 9.17) is 19.7 Å². The third-order valence-corrected chi connectivity index (χ3v) is 7.45. The van der Waals surface area contributed by atoms with E-state index in [-0.39, 0.29) is 0 Å². The zero-order valence-electron chi connectivity index (χ0n) is 22.4. The van der Waals surface area contributed by atoms with Crippen LogP contribution in [0.1, 0.15) is 29.5 Å². The molecule has 2 aliphatic rings. The highest BCUT2D eigenvalue weighted by Crippen LogP contribution is 2.50. The molecule has 7 rings (SSSR count). The number of aromatic nitrogens is 3. The fourth-order valence-corrected chi connectivity index (χ4v) is 5.26. The second kappa shape index (κ2) is 10.3. The number of para-hydroxylation sites is 4. The van der Waals surface area contributed by atoms with E-state index in [1.165, 1.54) is 0 Å². The summed E-state index contributed by atoms with van der Waals surface area (Å²) in [7, 11) is 0. The van der Waals surface area contributed by atoms with E-state index >= 15 is 0 Å². The zero-order chi connectivity index (χ0) is 27.8. The molecular weight excluding hydrogens is 508 g/mol. The molecule has 1 aliphatic carbocycles. The van der Waals surface area contributed by atoms with E-state index in [1.807, 2.05) is 60.7 Å². The van der Waals surface area contributed by atoms with Crippen molar-refractivity contribution in [2.75, 3.05) is 4.90 Å². The van der Waals surface area contributed by atoms with Crippen LogP contribution in [0.15, 0.2) is 115 Å². The monoisotopic (exact) mass is 534 g/mol. The standard InChI is InChI=1S/C35H26N4O2/c1-23-8-2-3-9-28(23)35-37-33(25-16-14-24(22-40)15-17-25)36-34(38-35)26-18-20-27(21-19-26)39-29-10-4-6-12-31(29)41-32-13-7-5-11-30(32)39/h2-7,9-23H,8H2,1H3. The summed E-state index contributed by atoms with van der Waals surface area (Å²) in [6.07, 6.45) is 8.08. The van der Waals surface area contributed by atoms with Gasteiger partial charge in [0.05, 0.1) is 11.4 Å². The predicted molar refractivity (Wildman–Crippen MR) is 162 cm³/mol. The van der Waals surface area contributed by atoms with Crippen molar-refractivity contribution in [2.24, 2.45) is 5.92 Å². The van der Waals surface area contributed by atoms with Crippen molar-refractivity contribution in [3.05, 3.63) is 127 Å². The molecule has 1 atom stereocenters. The van der Waals surface area contributed by atoms with Crippen LogP contribution in [0, 0.1) is 5.92 Å². The SMILES string of the molecule is CC1CC=CC=C1c1nc(-c2ccc(C=O)cc2)nc(-c2ccc(N3c4ccccc4Oc4ccccc43)cc2)n1. The van der Waals surface area contributed by atoms with Gasteiger partial charge in [0, 0.05) is 28.0 Å². The van der Waals surface area contributed by atoms with Gasteiger partial charge in [0.1, 0.15) is 6.29 Å². The maximum absolute atomic E-state index is 11.2. The number of anilines is 3. The average molecular weight is 535 g/mol. The lowest BCUT2D eigenvalue weighted by Crippen LogP contribution is -2.15. The van der Waals surface area contributed by atoms with Crippen molar-refractivity contribution >= 4 is 28.9 Å². The molecule has 0 saturated carbocycles. The molecule has 1 aliphatic heterocycles. The van der Waals surface area contributed by atoms with Gasteiger partial charge < -0.3 is 9.64 Å². The quantitative estimate of drug-likeness (QED) is 0.206. The van der Waals surface area contributed by atoms with Crippen molar-refractivity contribution in [1.82, 2.24) is 15.0 Å². The van der Waals surface area contributed by atoms with Crippen LogP contribution in [-0.2, 0) is 0 Å². The molecule has 6 nitrogen and oxygen atoms in total. The summed E-state index contributed by atoms with van der Waals surface area (Å²) in [6, 6.07) is 31.7. The highest BCUT2D eigenvalue weighted by molar-refractivity contribution is 5.86. The number of ether oxygens (including phenoxy) is 1. The largest absolute Gasteiger partial charge is 0.453 e. The Morgan fingerprint density at radius 2 is 1.29 bits per heavy atom. The summed E-state index contributed by atoms with van der Waals surface area (Å²) in [4.78, 5) is 28.1. The van der Waals surface area contributed by atoms with Crippen molar-refractivity contribution in [3.8, 4) is 34.3 Å².